The highest BCUT2D eigenvalue weighted by molar-refractivity contribution is 7.87. The van der Waals surface area contributed by atoms with Crippen molar-refractivity contribution in [2.75, 3.05) is 5.73 Å². The number of fused-ring (bicyclic) bond motifs is 1. The van der Waals surface area contributed by atoms with Crippen LogP contribution in [0.25, 0.3) is 10.9 Å². The second-order valence-electron chi connectivity index (χ2n) is 4.71. The molecular weight excluding hydrogens is 326 g/mol. The summed E-state index contributed by atoms with van der Waals surface area (Å²) in [5.74, 6) is -1.94. The molecule has 3 rings (SSSR count). The van der Waals surface area contributed by atoms with Gasteiger partial charge in [0.25, 0.3) is 0 Å². The van der Waals surface area contributed by atoms with Crippen molar-refractivity contribution >= 4 is 26.8 Å². The van der Waals surface area contributed by atoms with Crippen molar-refractivity contribution in [3.8, 4) is 5.75 Å². The molecule has 0 spiro atoms. The fraction of sp³-hybridized carbons (Fsp3) is 0. The summed E-state index contributed by atoms with van der Waals surface area (Å²) in [6.07, 6.45) is 0. The first-order valence-electron chi connectivity index (χ1n) is 6.41. The van der Waals surface area contributed by atoms with Crippen LogP contribution in [0.3, 0.4) is 0 Å². The third kappa shape index (κ3) is 3.07. The van der Waals surface area contributed by atoms with Gasteiger partial charge in [-0.2, -0.15) is 8.42 Å². The van der Waals surface area contributed by atoms with E-state index in [-0.39, 0.29) is 17.1 Å². The summed E-state index contributed by atoms with van der Waals surface area (Å²) < 4.78 is 55.9. The Morgan fingerprint density at radius 1 is 1.00 bits per heavy atom. The molecule has 0 atom stereocenters. The van der Waals surface area contributed by atoms with E-state index >= 15 is 0 Å². The zero-order valence-corrected chi connectivity index (χ0v) is 12.3. The van der Waals surface area contributed by atoms with Gasteiger partial charge in [-0.05, 0) is 30.3 Å². The largest absolute Gasteiger partial charge is 0.384 e. The van der Waals surface area contributed by atoms with Crippen molar-refractivity contribution in [2.24, 2.45) is 0 Å². The predicted molar refractivity (Wildman–Crippen MR) is 80.3 cm³/mol. The quantitative estimate of drug-likeness (QED) is 0.744. The molecule has 3 aromatic rings. The molecule has 2 N–H and O–H groups in total. The Kier molecular flexibility index (Phi) is 3.61. The highest BCUT2D eigenvalue weighted by atomic mass is 32.2. The molecule has 0 saturated heterocycles. The van der Waals surface area contributed by atoms with Crippen LogP contribution in [0.4, 0.5) is 14.6 Å². The third-order valence-corrected chi connectivity index (χ3v) is 4.24. The smallest absolute Gasteiger partial charge is 0.339 e. The van der Waals surface area contributed by atoms with Crippen molar-refractivity contribution in [2.45, 2.75) is 4.90 Å². The van der Waals surface area contributed by atoms with Gasteiger partial charge in [-0.1, -0.05) is 12.1 Å². The average molecular weight is 336 g/mol. The molecule has 0 bridgehead atoms. The molecule has 0 unspecified atom stereocenters. The molecule has 2 aromatic carbocycles. The number of para-hydroxylation sites is 1. The van der Waals surface area contributed by atoms with Crippen molar-refractivity contribution < 1.29 is 21.4 Å². The Morgan fingerprint density at radius 2 is 1.70 bits per heavy atom. The van der Waals surface area contributed by atoms with E-state index in [0.29, 0.717) is 23.6 Å². The van der Waals surface area contributed by atoms with Gasteiger partial charge in [0, 0.05) is 11.5 Å². The van der Waals surface area contributed by atoms with Crippen LogP contribution in [0, 0.1) is 11.6 Å². The lowest BCUT2D eigenvalue weighted by Gasteiger charge is -2.09. The molecule has 0 aliphatic carbocycles. The van der Waals surface area contributed by atoms with Gasteiger partial charge in [0.05, 0.1) is 0 Å². The fourth-order valence-corrected chi connectivity index (χ4v) is 3.02. The van der Waals surface area contributed by atoms with E-state index in [1.54, 1.807) is 24.3 Å². The second kappa shape index (κ2) is 5.47. The van der Waals surface area contributed by atoms with Crippen LogP contribution in [0.5, 0.6) is 5.75 Å². The number of anilines is 1. The van der Waals surface area contributed by atoms with Gasteiger partial charge in [0.15, 0.2) is 5.75 Å². The first kappa shape index (κ1) is 15.2. The zero-order chi connectivity index (χ0) is 16.6. The lowest BCUT2D eigenvalue weighted by Crippen LogP contribution is -2.11. The van der Waals surface area contributed by atoms with E-state index in [4.69, 9.17) is 9.92 Å². The molecule has 0 fully saturated rings. The molecule has 1 heterocycles. The number of aromatic nitrogens is 1. The van der Waals surface area contributed by atoms with Gasteiger partial charge >= 0.3 is 10.1 Å². The Balaban J connectivity index is 2.09. The number of nitrogens with zero attached hydrogens (tertiary/aromatic N) is 1. The predicted octanol–water partition coefficient (Wildman–Crippen LogP) is 2.86. The van der Waals surface area contributed by atoms with Crippen LogP contribution >= 0.6 is 0 Å². The molecule has 0 amide bonds. The van der Waals surface area contributed by atoms with Crippen LogP contribution < -0.4 is 9.92 Å². The van der Waals surface area contributed by atoms with Crippen LogP contribution in [0.15, 0.2) is 53.4 Å². The Morgan fingerprint density at radius 3 is 2.39 bits per heavy atom. The van der Waals surface area contributed by atoms with Crippen molar-refractivity contribution in [3.63, 3.8) is 0 Å². The zero-order valence-electron chi connectivity index (χ0n) is 11.5. The molecular formula is C15H10F2N2O3S. The topological polar surface area (TPSA) is 82.3 Å². The first-order chi connectivity index (χ1) is 10.8. The second-order valence-corrected chi connectivity index (χ2v) is 6.25. The van der Waals surface area contributed by atoms with Gasteiger partial charge < -0.3 is 9.92 Å². The number of hydrogen-bond acceptors (Lipinski definition) is 5. The maximum absolute atomic E-state index is 13.2. The molecule has 5 nitrogen and oxygen atoms in total. The van der Waals surface area contributed by atoms with Gasteiger partial charge in [0.1, 0.15) is 27.9 Å². The van der Waals surface area contributed by atoms with Gasteiger partial charge in [0.2, 0.25) is 0 Å². The van der Waals surface area contributed by atoms with Gasteiger partial charge in [-0.15, -0.1) is 0 Å². The van der Waals surface area contributed by atoms with Gasteiger partial charge in [-0.3, -0.25) is 0 Å². The number of benzene rings is 2. The highest BCUT2D eigenvalue weighted by Gasteiger charge is 2.20. The third-order valence-electron chi connectivity index (χ3n) is 3.03. The van der Waals surface area contributed by atoms with E-state index in [0.717, 1.165) is 0 Å². The number of halogens is 2. The molecule has 118 valence electrons. The van der Waals surface area contributed by atoms with E-state index in [9.17, 15) is 17.2 Å². The Labute approximate surface area is 130 Å². The number of nitrogens with two attached hydrogens (primary N) is 1. The maximum Gasteiger partial charge on any atom is 0.339 e. The van der Waals surface area contributed by atoms with Crippen LogP contribution in [0.1, 0.15) is 0 Å². The van der Waals surface area contributed by atoms with Crippen LogP contribution in [0.2, 0.25) is 0 Å². The lowest BCUT2D eigenvalue weighted by molar-refractivity contribution is 0.484. The minimum absolute atomic E-state index is 0.0838. The summed E-state index contributed by atoms with van der Waals surface area (Å²) in [6, 6.07) is 9.76. The summed E-state index contributed by atoms with van der Waals surface area (Å²) in [5.41, 5.74) is 5.82. The summed E-state index contributed by atoms with van der Waals surface area (Å²) in [6.45, 7) is 0. The summed E-state index contributed by atoms with van der Waals surface area (Å²) in [7, 11) is -4.42. The fourth-order valence-electron chi connectivity index (χ4n) is 2.04. The SMILES string of the molecule is Nc1ccc2cccc(OS(=O)(=O)c3cc(F)cc(F)c3)c2n1. The Hall–Kier alpha value is -2.74. The minimum Gasteiger partial charge on any atom is -0.384 e. The van der Waals surface area contributed by atoms with Crippen molar-refractivity contribution in [1.29, 1.82) is 0 Å². The van der Waals surface area contributed by atoms with E-state index in [2.05, 4.69) is 4.98 Å². The highest BCUT2D eigenvalue weighted by Crippen LogP contribution is 2.28. The maximum atomic E-state index is 13.2. The average Bonchev–Trinajstić information content (AvgIpc) is 2.46. The molecule has 0 radical (unpaired) electrons. The van der Waals surface area contributed by atoms with Crippen LogP contribution in [-0.4, -0.2) is 13.4 Å². The van der Waals surface area contributed by atoms with Crippen molar-refractivity contribution in [3.05, 3.63) is 60.2 Å². The number of nitrogen functional groups attached to an aromatic ring is 1. The lowest BCUT2D eigenvalue weighted by atomic mass is 10.2. The Bertz CT molecular complexity index is 987. The molecule has 23 heavy (non-hydrogen) atoms. The molecule has 1 aromatic heterocycles. The van der Waals surface area contributed by atoms with Crippen LogP contribution in [-0.2, 0) is 10.1 Å². The molecule has 0 saturated carbocycles. The summed E-state index contributed by atoms with van der Waals surface area (Å²) in [4.78, 5) is 3.40. The molecule has 0 aliphatic rings. The van der Waals surface area contributed by atoms with E-state index < -0.39 is 26.6 Å². The number of hydrogen-bond donors (Lipinski definition) is 1. The standard InChI is InChI=1S/C15H10F2N2O3S/c16-10-6-11(17)8-12(7-10)23(20,21)22-13-3-1-2-9-4-5-14(18)19-15(9)13/h1-8H,(H2,18,19). The molecule has 0 aliphatic heterocycles. The van der Waals surface area contributed by atoms with E-state index in [1.807, 2.05) is 0 Å². The normalized spacial score (nSPS) is 11.6. The molecule has 8 heteroatoms. The van der Waals surface area contributed by atoms with Crippen molar-refractivity contribution in [1.82, 2.24) is 4.98 Å². The number of pyridine rings is 1. The number of rotatable bonds is 3. The summed E-state index contributed by atoms with van der Waals surface area (Å²) >= 11 is 0. The monoisotopic (exact) mass is 336 g/mol. The van der Waals surface area contributed by atoms with Gasteiger partial charge in [-0.25, -0.2) is 13.8 Å². The van der Waals surface area contributed by atoms with E-state index in [1.165, 1.54) is 6.07 Å². The first-order valence-corrected chi connectivity index (χ1v) is 7.82. The summed E-state index contributed by atoms with van der Waals surface area (Å²) in [5, 5.41) is 0.609. The minimum atomic E-state index is -4.42.